The number of hydrogen-bond acceptors (Lipinski definition) is 5. The molecule has 0 aliphatic carbocycles. The maximum atomic E-state index is 12.3. The maximum absolute atomic E-state index is 12.3. The molecule has 1 aromatic carbocycles. The van der Waals surface area contributed by atoms with Gasteiger partial charge in [0, 0.05) is 10.8 Å². The van der Waals surface area contributed by atoms with Crippen LogP contribution in [0.2, 0.25) is 0 Å². The van der Waals surface area contributed by atoms with E-state index in [4.69, 9.17) is 0 Å². The van der Waals surface area contributed by atoms with Crippen molar-refractivity contribution in [1.29, 1.82) is 0 Å². The Balaban J connectivity index is 1.98. The maximum Gasteiger partial charge on any atom is 0.278 e. The number of benzene rings is 1. The third kappa shape index (κ3) is 2.55. The summed E-state index contributed by atoms with van der Waals surface area (Å²) < 4.78 is 0. The van der Waals surface area contributed by atoms with Gasteiger partial charge in [0.1, 0.15) is 0 Å². The lowest BCUT2D eigenvalue weighted by Crippen LogP contribution is -2.19. The van der Waals surface area contributed by atoms with Crippen molar-refractivity contribution < 1.29 is 4.79 Å². The number of nitrogens with one attached hydrogen (secondary N) is 2. The predicted molar refractivity (Wildman–Crippen MR) is 81.8 cm³/mol. The van der Waals surface area contributed by atoms with Crippen molar-refractivity contribution in [3.05, 3.63) is 51.4 Å². The van der Waals surface area contributed by atoms with E-state index in [2.05, 4.69) is 20.5 Å². The smallest absolute Gasteiger partial charge is 0.278 e. The predicted octanol–water partition coefficient (Wildman–Crippen LogP) is 2.19. The summed E-state index contributed by atoms with van der Waals surface area (Å²) in [4.78, 5) is 28.3. The lowest BCUT2D eigenvalue weighted by Gasteiger charge is -2.04. The van der Waals surface area contributed by atoms with Crippen LogP contribution in [0.25, 0.3) is 10.8 Å². The Labute approximate surface area is 123 Å². The van der Waals surface area contributed by atoms with Crippen LogP contribution in [0, 0.1) is 0 Å². The molecule has 2 aromatic heterocycles. The van der Waals surface area contributed by atoms with E-state index in [9.17, 15) is 9.59 Å². The van der Waals surface area contributed by atoms with Crippen molar-refractivity contribution in [2.75, 3.05) is 5.32 Å². The number of hydrogen-bond donors (Lipinski definition) is 2. The standard InChI is InChI=1S/C14H12N4O2S/c1-2-8-7-21-14(15-8)16-13(20)11-9-5-3-4-6-10(9)12(19)18-17-11/h3-7H,2H2,1H3,(H,18,19)(H,15,16,20). The van der Waals surface area contributed by atoms with Gasteiger partial charge in [0.2, 0.25) is 0 Å². The third-order valence-corrected chi connectivity index (χ3v) is 3.85. The highest BCUT2D eigenvalue weighted by atomic mass is 32.1. The fourth-order valence-electron chi connectivity index (χ4n) is 1.97. The van der Waals surface area contributed by atoms with E-state index >= 15 is 0 Å². The average Bonchev–Trinajstić information content (AvgIpc) is 2.95. The van der Waals surface area contributed by atoms with E-state index in [-0.39, 0.29) is 17.2 Å². The molecule has 0 fully saturated rings. The molecule has 0 saturated carbocycles. The second-order valence-corrected chi connectivity index (χ2v) is 5.26. The molecule has 0 saturated heterocycles. The minimum Gasteiger partial charge on any atom is -0.296 e. The summed E-state index contributed by atoms with van der Waals surface area (Å²) >= 11 is 1.36. The highest BCUT2D eigenvalue weighted by molar-refractivity contribution is 7.14. The van der Waals surface area contributed by atoms with Gasteiger partial charge < -0.3 is 0 Å². The van der Waals surface area contributed by atoms with Gasteiger partial charge >= 0.3 is 0 Å². The van der Waals surface area contributed by atoms with Crippen LogP contribution in [0.1, 0.15) is 23.1 Å². The lowest BCUT2D eigenvalue weighted by atomic mass is 10.1. The molecule has 1 amide bonds. The van der Waals surface area contributed by atoms with Crippen molar-refractivity contribution in [3.8, 4) is 0 Å². The van der Waals surface area contributed by atoms with E-state index in [1.54, 1.807) is 24.3 Å². The molecule has 21 heavy (non-hydrogen) atoms. The number of rotatable bonds is 3. The monoisotopic (exact) mass is 300 g/mol. The number of aromatic amines is 1. The molecule has 2 N–H and O–H groups in total. The molecule has 0 radical (unpaired) electrons. The number of carbonyl (C=O) groups is 1. The molecule has 106 valence electrons. The number of thiazole rings is 1. The topological polar surface area (TPSA) is 87.7 Å². The van der Waals surface area contributed by atoms with Gasteiger partial charge in [0.15, 0.2) is 10.8 Å². The van der Waals surface area contributed by atoms with Gasteiger partial charge in [-0.3, -0.25) is 14.9 Å². The van der Waals surface area contributed by atoms with Crippen LogP contribution in [0.15, 0.2) is 34.4 Å². The fraction of sp³-hybridized carbons (Fsp3) is 0.143. The lowest BCUT2D eigenvalue weighted by molar-refractivity contribution is 0.102. The largest absolute Gasteiger partial charge is 0.296 e. The van der Waals surface area contributed by atoms with E-state index in [0.29, 0.717) is 15.9 Å². The molecule has 2 heterocycles. The van der Waals surface area contributed by atoms with Gasteiger partial charge in [0.25, 0.3) is 11.5 Å². The molecule has 3 aromatic rings. The molecule has 0 bridgehead atoms. The minimum atomic E-state index is -0.389. The average molecular weight is 300 g/mol. The van der Waals surface area contributed by atoms with Gasteiger partial charge in [-0.05, 0) is 12.5 Å². The first kappa shape index (κ1) is 13.4. The van der Waals surface area contributed by atoms with Crippen molar-refractivity contribution in [2.24, 2.45) is 0 Å². The summed E-state index contributed by atoms with van der Waals surface area (Å²) in [6.45, 7) is 2.00. The van der Waals surface area contributed by atoms with Crippen molar-refractivity contribution >= 4 is 33.1 Å². The van der Waals surface area contributed by atoms with Gasteiger partial charge in [0.05, 0.1) is 11.1 Å². The second-order valence-electron chi connectivity index (χ2n) is 4.40. The zero-order valence-corrected chi connectivity index (χ0v) is 12.0. The number of carbonyl (C=O) groups excluding carboxylic acids is 1. The van der Waals surface area contributed by atoms with Crippen molar-refractivity contribution in [3.63, 3.8) is 0 Å². The quantitative estimate of drug-likeness (QED) is 0.776. The Morgan fingerprint density at radius 3 is 2.81 bits per heavy atom. The summed E-state index contributed by atoms with van der Waals surface area (Å²) in [5.74, 6) is -0.389. The first-order valence-electron chi connectivity index (χ1n) is 6.42. The van der Waals surface area contributed by atoms with Gasteiger partial charge in [-0.25, -0.2) is 10.1 Å². The fourth-order valence-corrected chi connectivity index (χ4v) is 2.76. The summed E-state index contributed by atoms with van der Waals surface area (Å²) in [6, 6.07) is 6.86. The van der Waals surface area contributed by atoms with Crippen LogP contribution >= 0.6 is 11.3 Å². The molecule has 0 unspecified atom stereocenters. The van der Waals surface area contributed by atoms with E-state index < -0.39 is 0 Å². The Bertz CT molecular complexity index is 869. The minimum absolute atomic E-state index is 0.179. The Morgan fingerprint density at radius 1 is 1.33 bits per heavy atom. The summed E-state index contributed by atoms with van der Waals surface area (Å²) in [5.41, 5.74) is 0.790. The Kier molecular flexibility index (Phi) is 3.49. The number of H-pyrrole nitrogens is 1. The number of fused-ring (bicyclic) bond motifs is 1. The number of anilines is 1. The normalized spacial score (nSPS) is 10.7. The first-order chi connectivity index (χ1) is 10.2. The molecule has 7 heteroatoms. The number of amides is 1. The van der Waals surface area contributed by atoms with Crippen LogP contribution in [0.3, 0.4) is 0 Å². The van der Waals surface area contributed by atoms with Gasteiger partial charge in [-0.15, -0.1) is 11.3 Å². The molecule has 0 atom stereocenters. The van der Waals surface area contributed by atoms with E-state index in [0.717, 1.165) is 12.1 Å². The van der Waals surface area contributed by atoms with Crippen LogP contribution in [0.5, 0.6) is 0 Å². The zero-order valence-electron chi connectivity index (χ0n) is 11.2. The number of aromatic nitrogens is 3. The van der Waals surface area contributed by atoms with E-state index in [1.165, 1.54) is 11.3 Å². The third-order valence-electron chi connectivity index (χ3n) is 3.05. The molecular weight excluding hydrogens is 288 g/mol. The van der Waals surface area contributed by atoms with Crippen LogP contribution in [-0.2, 0) is 6.42 Å². The summed E-state index contributed by atoms with van der Waals surface area (Å²) in [6.07, 6.45) is 0.812. The molecule has 6 nitrogen and oxygen atoms in total. The number of nitrogens with zero attached hydrogens (tertiary/aromatic N) is 2. The van der Waals surface area contributed by atoms with Crippen molar-refractivity contribution in [2.45, 2.75) is 13.3 Å². The van der Waals surface area contributed by atoms with Crippen LogP contribution < -0.4 is 10.9 Å². The molecule has 0 aliphatic heterocycles. The van der Waals surface area contributed by atoms with Crippen LogP contribution in [-0.4, -0.2) is 21.1 Å². The molecular formula is C14H12N4O2S. The Morgan fingerprint density at radius 2 is 2.10 bits per heavy atom. The first-order valence-corrected chi connectivity index (χ1v) is 7.30. The summed E-state index contributed by atoms with van der Waals surface area (Å²) in [7, 11) is 0. The molecule has 0 spiro atoms. The summed E-state index contributed by atoms with van der Waals surface area (Å²) in [5, 5.41) is 12.3. The highest BCUT2D eigenvalue weighted by Crippen LogP contribution is 2.18. The SMILES string of the molecule is CCc1csc(NC(=O)c2n[nH]c(=O)c3ccccc23)n1. The number of aryl methyl sites for hydroxylation is 1. The van der Waals surface area contributed by atoms with E-state index in [1.807, 2.05) is 12.3 Å². The van der Waals surface area contributed by atoms with Gasteiger partial charge in [-0.1, -0.05) is 25.1 Å². The second kappa shape index (κ2) is 5.45. The molecule has 0 aliphatic rings. The molecule has 3 rings (SSSR count). The van der Waals surface area contributed by atoms with Gasteiger partial charge in [-0.2, -0.15) is 5.10 Å². The van der Waals surface area contributed by atoms with Crippen LogP contribution in [0.4, 0.5) is 5.13 Å². The highest BCUT2D eigenvalue weighted by Gasteiger charge is 2.15. The van der Waals surface area contributed by atoms with Crippen molar-refractivity contribution in [1.82, 2.24) is 15.2 Å². The zero-order chi connectivity index (χ0) is 14.8. The Hall–Kier alpha value is -2.54.